The maximum atomic E-state index is 13.0. The number of ketones is 2. The fraction of sp³-hybridized carbons (Fsp3) is 0.286. The van der Waals surface area contributed by atoms with E-state index >= 15 is 0 Å². The van der Waals surface area contributed by atoms with Gasteiger partial charge in [0.2, 0.25) is 0 Å². The zero-order valence-electron chi connectivity index (χ0n) is 10.3. The maximum Gasteiger partial charge on any atom is 0.200 e. The summed E-state index contributed by atoms with van der Waals surface area (Å²) in [6.07, 6.45) is 6.85. The van der Waals surface area contributed by atoms with E-state index in [1.807, 2.05) is 0 Å². The van der Waals surface area contributed by atoms with Gasteiger partial charge in [0, 0.05) is 37.2 Å². The van der Waals surface area contributed by atoms with E-state index in [2.05, 4.69) is 9.97 Å². The third-order valence-corrected chi connectivity index (χ3v) is 2.78. The van der Waals surface area contributed by atoms with Crippen molar-refractivity contribution in [1.82, 2.24) is 9.97 Å². The standard InChI is InChI=1S/C14H13FN2O2/c15-11-4-1-3-10(9-11)12(18)5-6-13(19)14-16-7-2-8-17-14/h2-3,7-9H,1,4-6H2. The molecule has 0 saturated carbocycles. The summed E-state index contributed by atoms with van der Waals surface area (Å²) in [5, 5.41) is 0. The van der Waals surface area contributed by atoms with Crippen LogP contribution in [0.1, 0.15) is 36.3 Å². The van der Waals surface area contributed by atoms with Crippen molar-refractivity contribution in [2.24, 2.45) is 0 Å². The Bertz CT molecular complexity index is 550. The molecule has 1 aliphatic carbocycles. The summed E-state index contributed by atoms with van der Waals surface area (Å²) >= 11 is 0. The second-order valence-electron chi connectivity index (χ2n) is 4.21. The molecule has 0 spiro atoms. The van der Waals surface area contributed by atoms with Crippen LogP contribution in [0, 0.1) is 0 Å². The van der Waals surface area contributed by atoms with Gasteiger partial charge in [0.25, 0.3) is 0 Å². The summed E-state index contributed by atoms with van der Waals surface area (Å²) < 4.78 is 13.0. The average molecular weight is 260 g/mol. The van der Waals surface area contributed by atoms with E-state index in [9.17, 15) is 14.0 Å². The van der Waals surface area contributed by atoms with Crippen molar-refractivity contribution in [3.8, 4) is 0 Å². The van der Waals surface area contributed by atoms with Gasteiger partial charge in [0.1, 0.15) is 5.83 Å². The highest BCUT2D eigenvalue weighted by Gasteiger charge is 2.15. The van der Waals surface area contributed by atoms with Gasteiger partial charge in [-0.25, -0.2) is 14.4 Å². The number of halogens is 1. The normalized spacial score (nSPS) is 14.6. The predicted molar refractivity (Wildman–Crippen MR) is 67.1 cm³/mol. The fourth-order valence-electron chi connectivity index (χ4n) is 1.79. The molecular formula is C14H13FN2O2. The van der Waals surface area contributed by atoms with Crippen LogP contribution in [0.2, 0.25) is 0 Å². The first kappa shape index (κ1) is 13.3. The van der Waals surface area contributed by atoms with Gasteiger partial charge in [0.15, 0.2) is 17.4 Å². The Hall–Kier alpha value is -2.17. The van der Waals surface area contributed by atoms with E-state index in [1.54, 1.807) is 12.1 Å². The van der Waals surface area contributed by atoms with Crippen LogP contribution in [0.4, 0.5) is 4.39 Å². The Morgan fingerprint density at radius 2 is 1.84 bits per heavy atom. The summed E-state index contributed by atoms with van der Waals surface area (Å²) in [5.74, 6) is -0.688. The maximum absolute atomic E-state index is 13.0. The molecular weight excluding hydrogens is 247 g/mol. The molecule has 0 bridgehead atoms. The first-order valence-electron chi connectivity index (χ1n) is 6.06. The monoisotopic (exact) mass is 260 g/mol. The molecule has 1 heterocycles. The Kier molecular flexibility index (Phi) is 4.28. The van der Waals surface area contributed by atoms with E-state index in [-0.39, 0.29) is 36.1 Å². The highest BCUT2D eigenvalue weighted by molar-refractivity contribution is 6.02. The number of nitrogens with zero attached hydrogens (tertiary/aromatic N) is 2. The van der Waals surface area contributed by atoms with Crippen LogP contribution in [-0.2, 0) is 4.79 Å². The molecule has 1 aromatic rings. The van der Waals surface area contributed by atoms with Crippen molar-refractivity contribution in [3.05, 3.63) is 47.8 Å². The number of Topliss-reactive ketones (excluding diaryl/α,β-unsaturated/α-hetero) is 2. The Labute approximate surface area is 110 Å². The molecule has 1 aromatic heterocycles. The van der Waals surface area contributed by atoms with Crippen LogP contribution in [0.5, 0.6) is 0 Å². The molecule has 0 aliphatic heterocycles. The van der Waals surface area contributed by atoms with Crippen molar-refractivity contribution < 1.29 is 14.0 Å². The molecule has 0 atom stereocenters. The van der Waals surface area contributed by atoms with Gasteiger partial charge in [-0.3, -0.25) is 9.59 Å². The van der Waals surface area contributed by atoms with Gasteiger partial charge in [0.05, 0.1) is 0 Å². The molecule has 0 fully saturated rings. The summed E-state index contributed by atoms with van der Waals surface area (Å²) in [6.45, 7) is 0. The van der Waals surface area contributed by atoms with Gasteiger partial charge in [-0.1, -0.05) is 6.08 Å². The minimum atomic E-state index is -0.288. The summed E-state index contributed by atoms with van der Waals surface area (Å²) in [7, 11) is 0. The van der Waals surface area contributed by atoms with Gasteiger partial charge in [-0.2, -0.15) is 0 Å². The van der Waals surface area contributed by atoms with Gasteiger partial charge in [-0.15, -0.1) is 0 Å². The van der Waals surface area contributed by atoms with Crippen molar-refractivity contribution in [3.63, 3.8) is 0 Å². The van der Waals surface area contributed by atoms with E-state index in [0.29, 0.717) is 18.4 Å². The van der Waals surface area contributed by atoms with Crippen molar-refractivity contribution in [2.45, 2.75) is 25.7 Å². The third kappa shape index (κ3) is 3.64. The number of hydrogen-bond donors (Lipinski definition) is 0. The highest BCUT2D eigenvalue weighted by Crippen LogP contribution is 2.20. The largest absolute Gasteiger partial charge is 0.294 e. The zero-order valence-corrected chi connectivity index (χ0v) is 10.3. The molecule has 0 radical (unpaired) electrons. The zero-order chi connectivity index (χ0) is 13.7. The lowest BCUT2D eigenvalue weighted by Crippen LogP contribution is -2.09. The van der Waals surface area contributed by atoms with E-state index in [1.165, 1.54) is 18.5 Å². The van der Waals surface area contributed by atoms with Gasteiger partial charge in [-0.05, 0) is 18.6 Å². The van der Waals surface area contributed by atoms with E-state index in [4.69, 9.17) is 0 Å². The Balaban J connectivity index is 1.91. The molecule has 0 unspecified atom stereocenters. The lowest BCUT2D eigenvalue weighted by atomic mass is 9.99. The highest BCUT2D eigenvalue weighted by atomic mass is 19.1. The SMILES string of the molecule is O=C(CCC(=O)c1ncccn1)C1=CCCC(F)=C1. The number of allylic oxidation sites excluding steroid dienone is 4. The summed E-state index contributed by atoms with van der Waals surface area (Å²) in [6, 6.07) is 1.61. The molecule has 2 rings (SSSR count). The average Bonchev–Trinajstić information content (AvgIpc) is 2.45. The number of hydrogen-bond acceptors (Lipinski definition) is 4. The number of carbonyl (C=O) groups is 2. The van der Waals surface area contributed by atoms with Crippen LogP contribution >= 0.6 is 0 Å². The van der Waals surface area contributed by atoms with Crippen LogP contribution in [0.25, 0.3) is 0 Å². The lowest BCUT2D eigenvalue weighted by molar-refractivity contribution is -0.115. The molecule has 0 amide bonds. The number of rotatable bonds is 5. The number of aromatic nitrogens is 2. The molecule has 0 N–H and O–H groups in total. The minimum absolute atomic E-state index is 0.0373. The first-order chi connectivity index (χ1) is 9.16. The molecule has 4 nitrogen and oxygen atoms in total. The second-order valence-corrected chi connectivity index (χ2v) is 4.21. The van der Waals surface area contributed by atoms with Crippen LogP contribution in [0.3, 0.4) is 0 Å². The van der Waals surface area contributed by atoms with Crippen LogP contribution in [0.15, 0.2) is 42.0 Å². The van der Waals surface area contributed by atoms with Gasteiger partial charge < -0.3 is 0 Å². The second kappa shape index (κ2) is 6.13. The summed E-state index contributed by atoms with van der Waals surface area (Å²) in [5.41, 5.74) is 0.352. The first-order valence-corrected chi connectivity index (χ1v) is 6.06. The van der Waals surface area contributed by atoms with Crippen LogP contribution in [-0.4, -0.2) is 21.5 Å². The van der Waals surface area contributed by atoms with E-state index < -0.39 is 0 Å². The van der Waals surface area contributed by atoms with Crippen LogP contribution < -0.4 is 0 Å². The van der Waals surface area contributed by atoms with Crippen molar-refractivity contribution in [2.75, 3.05) is 0 Å². The molecule has 0 saturated heterocycles. The third-order valence-electron chi connectivity index (χ3n) is 2.78. The predicted octanol–water partition coefficient (Wildman–Crippen LogP) is 2.58. The molecule has 1 aliphatic rings. The Morgan fingerprint density at radius 1 is 1.16 bits per heavy atom. The number of carbonyl (C=O) groups excluding carboxylic acids is 2. The minimum Gasteiger partial charge on any atom is -0.294 e. The van der Waals surface area contributed by atoms with Gasteiger partial charge >= 0.3 is 0 Å². The van der Waals surface area contributed by atoms with E-state index in [0.717, 1.165) is 0 Å². The molecule has 5 heteroatoms. The quantitative estimate of drug-likeness (QED) is 0.763. The topological polar surface area (TPSA) is 59.9 Å². The lowest BCUT2D eigenvalue weighted by Gasteiger charge is -2.07. The molecule has 0 aromatic carbocycles. The van der Waals surface area contributed by atoms with Crippen molar-refractivity contribution in [1.29, 1.82) is 0 Å². The fourth-order valence-corrected chi connectivity index (χ4v) is 1.79. The Morgan fingerprint density at radius 3 is 2.53 bits per heavy atom. The molecule has 98 valence electrons. The molecule has 19 heavy (non-hydrogen) atoms. The van der Waals surface area contributed by atoms with Crippen molar-refractivity contribution >= 4 is 11.6 Å². The summed E-state index contributed by atoms with van der Waals surface area (Å²) in [4.78, 5) is 31.2. The smallest absolute Gasteiger partial charge is 0.200 e.